The van der Waals surface area contributed by atoms with Gasteiger partial charge in [0.25, 0.3) is 0 Å². The molecule has 0 unspecified atom stereocenters. The maximum absolute atomic E-state index is 9.60. The number of aliphatic hydroxyl groups is 1. The Morgan fingerprint density at radius 1 is 1.10 bits per heavy atom. The lowest BCUT2D eigenvalue weighted by atomic mass is 10.0. The van der Waals surface area contributed by atoms with Crippen molar-refractivity contribution < 1.29 is 14.6 Å². The number of nitrogens with zero attached hydrogens (tertiary/aromatic N) is 2. The highest BCUT2D eigenvalue weighted by atomic mass is 35.5. The van der Waals surface area contributed by atoms with Crippen LogP contribution in [0.1, 0.15) is 23.1 Å². The van der Waals surface area contributed by atoms with Crippen LogP contribution >= 0.6 is 11.6 Å². The third-order valence-corrected chi connectivity index (χ3v) is 5.97. The van der Waals surface area contributed by atoms with E-state index in [-0.39, 0.29) is 6.61 Å². The number of ether oxygens (including phenoxy) is 2. The van der Waals surface area contributed by atoms with Gasteiger partial charge in [-0.3, -0.25) is 9.80 Å². The number of methoxy groups -OCH3 is 2. The Morgan fingerprint density at radius 2 is 1.90 bits per heavy atom. The number of aliphatic hydroxyl groups excluding tert-OH is 1. The van der Waals surface area contributed by atoms with Crippen LogP contribution < -0.4 is 9.47 Å². The molecule has 1 fully saturated rings. The van der Waals surface area contributed by atoms with E-state index in [4.69, 9.17) is 21.1 Å². The summed E-state index contributed by atoms with van der Waals surface area (Å²) < 4.78 is 10.8. The summed E-state index contributed by atoms with van der Waals surface area (Å²) in [6.45, 7) is 6.93. The van der Waals surface area contributed by atoms with Crippen molar-refractivity contribution in [2.45, 2.75) is 32.5 Å². The second-order valence-corrected chi connectivity index (χ2v) is 8.02. The molecule has 0 saturated carbocycles. The Hall–Kier alpha value is -1.79. The van der Waals surface area contributed by atoms with Crippen LogP contribution in [0.3, 0.4) is 0 Å². The monoisotopic (exact) mass is 418 g/mol. The van der Waals surface area contributed by atoms with Gasteiger partial charge in [0.15, 0.2) is 11.5 Å². The van der Waals surface area contributed by atoms with Gasteiger partial charge in [0, 0.05) is 45.4 Å². The van der Waals surface area contributed by atoms with E-state index in [1.165, 1.54) is 11.1 Å². The Bertz CT molecular complexity index is 815. The molecule has 0 aromatic heterocycles. The molecular formula is C23H31ClN2O3. The minimum atomic E-state index is 0.199. The second kappa shape index (κ2) is 10.3. The van der Waals surface area contributed by atoms with Crippen molar-refractivity contribution in [1.82, 2.24) is 9.80 Å². The number of rotatable bonds is 8. The third-order valence-electron chi connectivity index (χ3n) is 5.69. The molecule has 6 heteroatoms. The number of hydrogen-bond acceptors (Lipinski definition) is 5. The molecule has 3 rings (SSSR count). The van der Waals surface area contributed by atoms with Crippen LogP contribution in [-0.2, 0) is 13.1 Å². The maximum Gasteiger partial charge on any atom is 0.179 e. The van der Waals surface area contributed by atoms with Crippen molar-refractivity contribution in [3.8, 4) is 11.5 Å². The van der Waals surface area contributed by atoms with E-state index < -0.39 is 0 Å². The summed E-state index contributed by atoms with van der Waals surface area (Å²) in [5, 5.41) is 10.2. The lowest BCUT2D eigenvalue weighted by Gasteiger charge is -2.41. The van der Waals surface area contributed by atoms with E-state index in [1.807, 2.05) is 12.1 Å². The molecule has 2 aromatic rings. The van der Waals surface area contributed by atoms with Crippen molar-refractivity contribution in [2.75, 3.05) is 40.5 Å². The molecule has 2 aromatic carbocycles. The van der Waals surface area contributed by atoms with Gasteiger partial charge in [0.1, 0.15) is 0 Å². The summed E-state index contributed by atoms with van der Waals surface area (Å²) in [5.74, 6) is 1.22. The van der Waals surface area contributed by atoms with Gasteiger partial charge in [-0.05, 0) is 42.2 Å². The summed E-state index contributed by atoms with van der Waals surface area (Å²) in [4.78, 5) is 4.92. The number of aryl methyl sites for hydroxylation is 1. The van der Waals surface area contributed by atoms with Crippen LogP contribution in [0.4, 0.5) is 0 Å². The predicted octanol–water partition coefficient (Wildman–Crippen LogP) is 3.73. The van der Waals surface area contributed by atoms with Crippen molar-refractivity contribution in [3.05, 3.63) is 58.1 Å². The van der Waals surface area contributed by atoms with E-state index in [2.05, 4.69) is 41.0 Å². The molecule has 1 atom stereocenters. The molecule has 0 spiro atoms. The van der Waals surface area contributed by atoms with E-state index in [0.717, 1.165) is 44.7 Å². The lowest BCUT2D eigenvalue weighted by molar-refractivity contribution is 0.0498. The van der Waals surface area contributed by atoms with Gasteiger partial charge in [-0.1, -0.05) is 35.9 Å². The third kappa shape index (κ3) is 5.43. The minimum Gasteiger partial charge on any atom is -0.493 e. The molecule has 1 saturated heterocycles. The van der Waals surface area contributed by atoms with Crippen molar-refractivity contribution in [3.63, 3.8) is 0 Å². The first-order valence-electron chi connectivity index (χ1n) is 10.1. The van der Waals surface area contributed by atoms with E-state index in [1.54, 1.807) is 14.2 Å². The summed E-state index contributed by atoms with van der Waals surface area (Å²) in [6, 6.07) is 12.8. The molecule has 5 nitrogen and oxygen atoms in total. The Balaban J connectivity index is 1.69. The molecule has 1 heterocycles. The quantitative estimate of drug-likeness (QED) is 0.707. The highest BCUT2D eigenvalue weighted by Gasteiger charge is 2.27. The van der Waals surface area contributed by atoms with Gasteiger partial charge < -0.3 is 14.6 Å². The van der Waals surface area contributed by atoms with Crippen molar-refractivity contribution >= 4 is 11.6 Å². The summed E-state index contributed by atoms with van der Waals surface area (Å²) in [6.07, 6.45) is 0.773. The lowest BCUT2D eigenvalue weighted by Crippen LogP contribution is -2.52. The molecular weight excluding hydrogens is 388 g/mol. The maximum atomic E-state index is 9.60. The van der Waals surface area contributed by atoms with Crippen LogP contribution in [-0.4, -0.2) is 61.4 Å². The van der Waals surface area contributed by atoms with Crippen LogP contribution in [0.25, 0.3) is 0 Å². The average Bonchev–Trinajstić information content (AvgIpc) is 2.71. The fraction of sp³-hybridized carbons (Fsp3) is 0.478. The Labute approximate surface area is 178 Å². The average molecular weight is 419 g/mol. The smallest absolute Gasteiger partial charge is 0.179 e. The zero-order valence-electron chi connectivity index (χ0n) is 17.5. The molecule has 0 amide bonds. The molecule has 0 aliphatic carbocycles. The highest BCUT2D eigenvalue weighted by molar-refractivity contribution is 6.32. The Kier molecular flexibility index (Phi) is 7.78. The molecule has 0 radical (unpaired) electrons. The highest BCUT2D eigenvalue weighted by Crippen LogP contribution is 2.36. The normalized spacial score (nSPS) is 18.0. The zero-order valence-corrected chi connectivity index (χ0v) is 18.3. The van der Waals surface area contributed by atoms with Gasteiger partial charge in [-0.2, -0.15) is 0 Å². The molecule has 0 bridgehead atoms. The summed E-state index contributed by atoms with van der Waals surface area (Å²) in [5.41, 5.74) is 3.77. The van der Waals surface area contributed by atoms with Gasteiger partial charge >= 0.3 is 0 Å². The standard InChI is InChI=1S/C23H31ClN2O3/c1-17-6-4-5-7-19(17)15-26-10-9-25(16-20(26)8-11-27)14-18-12-21(24)23(29-3)22(13-18)28-2/h4-7,12-13,20,27H,8-11,14-16H2,1-3H3/t20-/m0/s1. The van der Waals surface area contributed by atoms with Gasteiger partial charge in [-0.15, -0.1) is 0 Å². The second-order valence-electron chi connectivity index (χ2n) is 7.61. The summed E-state index contributed by atoms with van der Waals surface area (Å²) >= 11 is 6.37. The van der Waals surface area contributed by atoms with Crippen LogP contribution in [0.2, 0.25) is 5.02 Å². The fourth-order valence-electron chi connectivity index (χ4n) is 4.06. The van der Waals surface area contributed by atoms with Gasteiger partial charge in [0.05, 0.1) is 19.2 Å². The Morgan fingerprint density at radius 3 is 2.59 bits per heavy atom. The number of piperazine rings is 1. The summed E-state index contributed by atoms with van der Waals surface area (Å²) in [7, 11) is 3.22. The first-order chi connectivity index (χ1) is 14.0. The fourth-order valence-corrected chi connectivity index (χ4v) is 4.37. The van der Waals surface area contributed by atoms with E-state index >= 15 is 0 Å². The number of benzene rings is 2. The number of hydrogen-bond donors (Lipinski definition) is 1. The van der Waals surface area contributed by atoms with Gasteiger partial charge in [0.2, 0.25) is 0 Å². The molecule has 1 aliphatic heterocycles. The molecule has 1 N–H and O–H groups in total. The van der Waals surface area contributed by atoms with Crippen LogP contribution in [0.15, 0.2) is 36.4 Å². The van der Waals surface area contributed by atoms with Gasteiger partial charge in [-0.25, -0.2) is 0 Å². The van der Waals surface area contributed by atoms with Crippen LogP contribution in [0, 0.1) is 6.92 Å². The van der Waals surface area contributed by atoms with Crippen molar-refractivity contribution in [1.29, 1.82) is 0 Å². The zero-order chi connectivity index (χ0) is 20.8. The van der Waals surface area contributed by atoms with E-state index in [0.29, 0.717) is 22.6 Å². The molecule has 29 heavy (non-hydrogen) atoms. The largest absolute Gasteiger partial charge is 0.493 e. The SMILES string of the molecule is COc1cc(CN2CCN(Cc3ccccc3C)[C@@H](CCO)C2)cc(Cl)c1OC. The van der Waals surface area contributed by atoms with E-state index in [9.17, 15) is 5.11 Å². The molecule has 158 valence electrons. The molecule has 1 aliphatic rings. The predicted molar refractivity (Wildman–Crippen MR) is 117 cm³/mol. The number of halogens is 1. The van der Waals surface area contributed by atoms with Crippen LogP contribution in [0.5, 0.6) is 11.5 Å². The topological polar surface area (TPSA) is 45.2 Å². The minimum absolute atomic E-state index is 0.199. The van der Waals surface area contributed by atoms with Crippen molar-refractivity contribution in [2.24, 2.45) is 0 Å². The first-order valence-corrected chi connectivity index (χ1v) is 10.5. The first kappa shape index (κ1) is 21.9.